The highest BCUT2D eigenvalue weighted by Crippen LogP contribution is 2.24. The first-order chi connectivity index (χ1) is 13.4. The van der Waals surface area contributed by atoms with Crippen molar-refractivity contribution in [2.45, 2.75) is 4.90 Å². The van der Waals surface area contributed by atoms with Crippen molar-refractivity contribution in [3.05, 3.63) is 66.4 Å². The maximum atomic E-state index is 12.7. The van der Waals surface area contributed by atoms with Crippen LogP contribution in [0.5, 0.6) is 5.75 Å². The van der Waals surface area contributed by atoms with E-state index in [-0.39, 0.29) is 16.3 Å². The van der Waals surface area contributed by atoms with Crippen molar-refractivity contribution in [2.24, 2.45) is 0 Å². The molecule has 0 aliphatic rings. The van der Waals surface area contributed by atoms with Crippen LogP contribution in [0, 0.1) is 0 Å². The van der Waals surface area contributed by atoms with Gasteiger partial charge in [0.05, 0.1) is 30.9 Å². The van der Waals surface area contributed by atoms with Gasteiger partial charge in [0.15, 0.2) is 5.94 Å². The van der Waals surface area contributed by atoms with Crippen LogP contribution in [0.25, 0.3) is 0 Å². The molecule has 2 rings (SSSR count). The van der Waals surface area contributed by atoms with Crippen LogP contribution in [-0.4, -0.2) is 40.5 Å². The number of carbonyl (C=O) groups is 2. The highest BCUT2D eigenvalue weighted by atomic mass is 32.2. The van der Waals surface area contributed by atoms with Crippen molar-refractivity contribution in [1.29, 1.82) is 0 Å². The van der Waals surface area contributed by atoms with Crippen molar-refractivity contribution in [3.8, 4) is 5.75 Å². The number of sulfone groups is 1. The van der Waals surface area contributed by atoms with Crippen molar-refractivity contribution in [3.63, 3.8) is 0 Å². The molecule has 0 fully saturated rings. The van der Waals surface area contributed by atoms with Crippen LogP contribution in [0.15, 0.2) is 71.3 Å². The molecule has 28 heavy (non-hydrogen) atoms. The van der Waals surface area contributed by atoms with Crippen LogP contribution in [0.1, 0.15) is 0 Å². The molecule has 8 nitrogen and oxygen atoms in total. The predicted molar refractivity (Wildman–Crippen MR) is 101 cm³/mol. The van der Waals surface area contributed by atoms with E-state index in [1.807, 2.05) is 0 Å². The van der Waals surface area contributed by atoms with Crippen LogP contribution in [-0.2, 0) is 28.9 Å². The fraction of sp³-hybridized carbons (Fsp3) is 0.158. The molecule has 2 aromatic rings. The minimum absolute atomic E-state index is 0.0831. The smallest absolute Gasteiger partial charge is 0.354 e. The van der Waals surface area contributed by atoms with Gasteiger partial charge in [0.1, 0.15) is 11.4 Å². The fourth-order valence-corrected chi connectivity index (χ4v) is 3.30. The van der Waals surface area contributed by atoms with E-state index in [1.165, 1.54) is 18.2 Å². The summed E-state index contributed by atoms with van der Waals surface area (Å²) in [6.45, 7) is 0. The maximum Gasteiger partial charge on any atom is 0.354 e. The number of esters is 2. The average molecular weight is 405 g/mol. The van der Waals surface area contributed by atoms with E-state index in [1.54, 1.807) is 36.4 Å². The van der Waals surface area contributed by atoms with E-state index >= 15 is 0 Å². The minimum Gasteiger partial charge on any atom is -0.477 e. The van der Waals surface area contributed by atoms with Gasteiger partial charge in [0.25, 0.3) is 0 Å². The van der Waals surface area contributed by atoms with Crippen LogP contribution in [0.4, 0.5) is 5.69 Å². The van der Waals surface area contributed by atoms with Gasteiger partial charge in [-0.15, -0.1) is 0 Å². The Bertz CT molecular complexity index is 969. The van der Waals surface area contributed by atoms with Gasteiger partial charge in [0, 0.05) is 0 Å². The zero-order chi connectivity index (χ0) is 20.6. The van der Waals surface area contributed by atoms with Crippen LogP contribution >= 0.6 is 0 Å². The van der Waals surface area contributed by atoms with Crippen LogP contribution in [0.2, 0.25) is 0 Å². The lowest BCUT2D eigenvalue weighted by Gasteiger charge is -2.14. The average Bonchev–Trinajstić information content (AvgIpc) is 2.72. The molecule has 1 N–H and O–H groups in total. The molecule has 0 aromatic heterocycles. The van der Waals surface area contributed by atoms with E-state index in [0.717, 1.165) is 20.3 Å². The Kier molecular flexibility index (Phi) is 7.16. The first-order valence-electron chi connectivity index (χ1n) is 8.02. The monoisotopic (exact) mass is 405 g/mol. The van der Waals surface area contributed by atoms with Gasteiger partial charge in [-0.3, -0.25) is 0 Å². The molecule has 148 valence electrons. The lowest BCUT2D eigenvalue weighted by atomic mass is 10.3. The lowest BCUT2D eigenvalue weighted by molar-refractivity contribution is -0.138. The third-order valence-corrected chi connectivity index (χ3v) is 4.94. The molecule has 0 aliphatic carbocycles. The van der Waals surface area contributed by atoms with Gasteiger partial charge >= 0.3 is 11.9 Å². The van der Waals surface area contributed by atoms with Crippen molar-refractivity contribution in [2.75, 3.05) is 25.5 Å². The number of para-hydroxylation sites is 2. The largest absolute Gasteiger partial charge is 0.477 e. The number of hydrogen-bond acceptors (Lipinski definition) is 8. The second kappa shape index (κ2) is 9.56. The molecule has 0 unspecified atom stereocenters. The number of methoxy groups -OCH3 is 2. The van der Waals surface area contributed by atoms with E-state index in [4.69, 9.17) is 4.74 Å². The summed E-state index contributed by atoms with van der Waals surface area (Å²) in [5, 5.41) is 2.62. The number of rotatable bonds is 8. The highest BCUT2D eigenvalue weighted by Gasteiger charge is 2.22. The summed E-state index contributed by atoms with van der Waals surface area (Å²) in [5.74, 6) is -1.87. The Morgan fingerprint density at radius 2 is 1.61 bits per heavy atom. The summed E-state index contributed by atoms with van der Waals surface area (Å²) in [5.41, 5.74) is -0.194. The quantitative estimate of drug-likeness (QED) is 0.526. The van der Waals surface area contributed by atoms with Crippen molar-refractivity contribution < 1.29 is 32.2 Å². The lowest BCUT2D eigenvalue weighted by Crippen LogP contribution is -2.18. The number of anilines is 1. The zero-order valence-corrected chi connectivity index (χ0v) is 16.1. The topological polar surface area (TPSA) is 108 Å². The van der Waals surface area contributed by atoms with Crippen LogP contribution < -0.4 is 10.1 Å². The number of carbonyl (C=O) groups excluding carboxylic acids is 2. The first-order valence-corrected chi connectivity index (χ1v) is 9.67. The summed E-state index contributed by atoms with van der Waals surface area (Å²) in [6.07, 6.45) is 0.871. The summed E-state index contributed by atoms with van der Waals surface area (Å²) in [6, 6.07) is 14.4. The van der Waals surface area contributed by atoms with Crippen molar-refractivity contribution in [1.82, 2.24) is 0 Å². The van der Waals surface area contributed by atoms with Gasteiger partial charge in [-0.25, -0.2) is 18.0 Å². The Hall–Kier alpha value is -3.33. The number of benzene rings is 2. The molecule has 0 saturated heterocycles. The van der Waals surface area contributed by atoms with Gasteiger partial charge < -0.3 is 19.5 Å². The second-order valence-corrected chi connectivity index (χ2v) is 7.29. The summed E-state index contributed by atoms with van der Waals surface area (Å²) in [4.78, 5) is 23.3. The fourth-order valence-electron chi connectivity index (χ4n) is 2.14. The number of ether oxygens (including phenoxy) is 3. The zero-order valence-electron chi connectivity index (χ0n) is 15.2. The van der Waals surface area contributed by atoms with Gasteiger partial charge in [0.2, 0.25) is 9.84 Å². The highest BCUT2D eigenvalue weighted by molar-refractivity contribution is 7.91. The molecule has 9 heteroatoms. The molecular formula is C19H19NO7S. The predicted octanol–water partition coefficient (Wildman–Crippen LogP) is 2.14. The molecule has 0 bridgehead atoms. The third-order valence-electron chi connectivity index (χ3n) is 3.48. The number of hydrogen-bond donors (Lipinski definition) is 1. The molecule has 0 radical (unpaired) electrons. The molecule has 2 aromatic carbocycles. The van der Waals surface area contributed by atoms with E-state index in [9.17, 15) is 18.0 Å². The van der Waals surface area contributed by atoms with Crippen LogP contribution in [0.3, 0.4) is 0 Å². The summed E-state index contributed by atoms with van der Waals surface area (Å²) >= 11 is 0. The Morgan fingerprint density at radius 3 is 2.25 bits per heavy atom. The van der Waals surface area contributed by atoms with E-state index < -0.39 is 27.7 Å². The van der Waals surface area contributed by atoms with E-state index in [0.29, 0.717) is 5.75 Å². The Morgan fingerprint density at radius 1 is 0.964 bits per heavy atom. The SMILES string of the molecule is COC(=O)/C=C(/Nc1ccccc1S(=O)(=O)COc1ccccc1)C(=O)OC. The van der Waals surface area contributed by atoms with Crippen molar-refractivity contribution >= 4 is 27.5 Å². The van der Waals surface area contributed by atoms with Gasteiger partial charge in [-0.05, 0) is 24.3 Å². The Labute approximate surface area is 162 Å². The molecule has 0 atom stereocenters. The van der Waals surface area contributed by atoms with Gasteiger partial charge in [-0.1, -0.05) is 30.3 Å². The Balaban J connectivity index is 2.31. The first kappa shape index (κ1) is 21.0. The molecule has 0 heterocycles. The maximum absolute atomic E-state index is 12.7. The number of nitrogens with one attached hydrogen (secondary N) is 1. The minimum atomic E-state index is -3.88. The normalized spacial score (nSPS) is 11.4. The molecule has 0 saturated carbocycles. The second-order valence-electron chi connectivity index (χ2n) is 5.38. The summed E-state index contributed by atoms with van der Waals surface area (Å²) < 4.78 is 39.9. The molecule has 0 aliphatic heterocycles. The van der Waals surface area contributed by atoms with E-state index in [2.05, 4.69) is 14.8 Å². The summed E-state index contributed by atoms with van der Waals surface area (Å²) in [7, 11) is -1.61. The van der Waals surface area contributed by atoms with Gasteiger partial charge in [-0.2, -0.15) is 0 Å². The molecular weight excluding hydrogens is 386 g/mol. The standard InChI is InChI=1S/C19H19NO7S/c1-25-18(21)12-16(19(22)26-2)20-15-10-6-7-11-17(15)28(23,24)13-27-14-8-4-3-5-9-14/h3-12,20H,13H2,1-2H3/b16-12+. The third kappa shape index (κ3) is 5.58. The molecule has 0 amide bonds. The molecule has 0 spiro atoms.